The molecule has 0 spiro atoms. The lowest BCUT2D eigenvalue weighted by molar-refractivity contribution is 0.278. The van der Waals surface area contributed by atoms with Crippen molar-refractivity contribution >= 4 is 5.71 Å². The van der Waals surface area contributed by atoms with Gasteiger partial charge in [0.25, 0.3) is 0 Å². The molecule has 0 aliphatic carbocycles. The highest BCUT2D eigenvalue weighted by atomic mass is 16.4. The lowest BCUT2D eigenvalue weighted by atomic mass is 9.99. The molecule has 1 aliphatic heterocycles. The van der Waals surface area contributed by atoms with E-state index in [-0.39, 0.29) is 0 Å². The van der Waals surface area contributed by atoms with Crippen molar-refractivity contribution in [2.75, 3.05) is 13.1 Å². The van der Waals surface area contributed by atoms with Crippen molar-refractivity contribution in [1.82, 2.24) is 4.90 Å². The molecule has 0 amide bonds. The molecule has 0 bridgehead atoms. The van der Waals surface area contributed by atoms with Gasteiger partial charge in [0.05, 0.1) is 0 Å². The van der Waals surface area contributed by atoms with Crippen molar-refractivity contribution in [2.45, 2.75) is 13.0 Å². The first-order valence-electron chi connectivity index (χ1n) is 6.92. The molecular weight excluding hydrogens is 248 g/mol. The average molecular weight is 266 g/mol. The van der Waals surface area contributed by atoms with Crippen LogP contribution in [-0.2, 0) is 13.0 Å². The van der Waals surface area contributed by atoms with Gasteiger partial charge in [-0.2, -0.15) is 0 Å². The zero-order chi connectivity index (χ0) is 13.8. The van der Waals surface area contributed by atoms with Crippen molar-refractivity contribution in [2.24, 2.45) is 5.16 Å². The Morgan fingerprint density at radius 2 is 1.70 bits per heavy atom. The standard InChI is InChI=1S/C17H18N2O/c20-18-17(15-7-2-1-3-8-15)13-19-11-10-14-6-4-5-9-16(14)12-19/h1-9,20H,10-13H2/b18-17+. The number of nitrogens with zero attached hydrogens (tertiary/aromatic N) is 2. The molecule has 102 valence electrons. The normalized spacial score (nSPS) is 15.9. The van der Waals surface area contributed by atoms with Crippen molar-refractivity contribution in [1.29, 1.82) is 0 Å². The van der Waals surface area contributed by atoms with Crippen LogP contribution in [0.5, 0.6) is 0 Å². The summed E-state index contributed by atoms with van der Waals surface area (Å²) in [6.07, 6.45) is 1.06. The molecule has 1 aliphatic rings. The number of hydrogen-bond acceptors (Lipinski definition) is 3. The third kappa shape index (κ3) is 2.73. The number of rotatable bonds is 3. The van der Waals surface area contributed by atoms with Crippen LogP contribution in [0, 0.1) is 0 Å². The van der Waals surface area contributed by atoms with E-state index in [1.165, 1.54) is 11.1 Å². The Bertz CT molecular complexity index is 607. The van der Waals surface area contributed by atoms with E-state index in [0.29, 0.717) is 6.54 Å². The third-order valence-corrected chi connectivity index (χ3v) is 3.81. The van der Waals surface area contributed by atoms with Crippen LogP contribution in [0.4, 0.5) is 0 Å². The molecule has 1 N–H and O–H groups in total. The van der Waals surface area contributed by atoms with Gasteiger partial charge in [-0.05, 0) is 17.5 Å². The molecule has 0 atom stereocenters. The Labute approximate surface area is 119 Å². The molecule has 0 aromatic heterocycles. The fourth-order valence-electron chi connectivity index (χ4n) is 2.71. The van der Waals surface area contributed by atoms with E-state index in [4.69, 9.17) is 0 Å². The van der Waals surface area contributed by atoms with Crippen molar-refractivity contribution < 1.29 is 5.21 Å². The zero-order valence-corrected chi connectivity index (χ0v) is 11.4. The summed E-state index contributed by atoms with van der Waals surface area (Å²) in [5, 5.41) is 12.8. The quantitative estimate of drug-likeness (QED) is 0.527. The van der Waals surface area contributed by atoms with Crippen LogP contribution in [-0.4, -0.2) is 28.9 Å². The molecular formula is C17H18N2O. The molecule has 1 heterocycles. The Morgan fingerprint density at radius 3 is 2.45 bits per heavy atom. The van der Waals surface area contributed by atoms with Gasteiger partial charge in [0.1, 0.15) is 5.71 Å². The van der Waals surface area contributed by atoms with Crippen LogP contribution in [0.3, 0.4) is 0 Å². The molecule has 20 heavy (non-hydrogen) atoms. The lowest BCUT2D eigenvalue weighted by Crippen LogP contribution is -2.35. The van der Waals surface area contributed by atoms with E-state index < -0.39 is 0 Å². The summed E-state index contributed by atoms with van der Waals surface area (Å²) < 4.78 is 0. The number of hydrogen-bond donors (Lipinski definition) is 1. The molecule has 3 nitrogen and oxygen atoms in total. The van der Waals surface area contributed by atoms with Gasteiger partial charge in [0.2, 0.25) is 0 Å². The minimum Gasteiger partial charge on any atom is -0.411 e. The van der Waals surface area contributed by atoms with Gasteiger partial charge in [0.15, 0.2) is 0 Å². The second kappa shape index (κ2) is 5.88. The third-order valence-electron chi connectivity index (χ3n) is 3.81. The fraction of sp³-hybridized carbons (Fsp3) is 0.235. The molecule has 0 saturated carbocycles. The molecule has 3 rings (SSSR count). The van der Waals surface area contributed by atoms with Gasteiger partial charge in [-0.1, -0.05) is 59.8 Å². The summed E-state index contributed by atoms with van der Waals surface area (Å²) in [6, 6.07) is 18.4. The molecule has 0 fully saturated rings. The van der Waals surface area contributed by atoms with Crippen LogP contribution in [0.15, 0.2) is 59.8 Å². The Kier molecular flexibility index (Phi) is 3.79. The van der Waals surface area contributed by atoms with Crippen LogP contribution < -0.4 is 0 Å². The van der Waals surface area contributed by atoms with E-state index in [1.54, 1.807) is 0 Å². The van der Waals surface area contributed by atoms with Gasteiger partial charge in [-0.25, -0.2) is 0 Å². The monoisotopic (exact) mass is 266 g/mol. The molecule has 2 aromatic rings. The highest BCUT2D eigenvalue weighted by molar-refractivity contribution is 6.01. The zero-order valence-electron chi connectivity index (χ0n) is 11.4. The summed E-state index contributed by atoms with van der Waals surface area (Å²) >= 11 is 0. The van der Waals surface area contributed by atoms with Gasteiger partial charge in [0, 0.05) is 25.2 Å². The van der Waals surface area contributed by atoms with Crippen molar-refractivity contribution in [3.8, 4) is 0 Å². The lowest BCUT2D eigenvalue weighted by Gasteiger charge is -2.28. The minimum absolute atomic E-state index is 0.675. The Morgan fingerprint density at radius 1 is 1.00 bits per heavy atom. The van der Waals surface area contributed by atoms with Gasteiger partial charge in [-0.3, -0.25) is 4.90 Å². The fourth-order valence-corrected chi connectivity index (χ4v) is 2.71. The minimum atomic E-state index is 0.675. The maximum Gasteiger partial charge on any atom is 0.101 e. The van der Waals surface area contributed by atoms with Gasteiger partial charge in [-0.15, -0.1) is 0 Å². The predicted molar refractivity (Wildman–Crippen MR) is 80.2 cm³/mol. The smallest absolute Gasteiger partial charge is 0.101 e. The summed E-state index contributed by atoms with van der Waals surface area (Å²) in [4.78, 5) is 2.32. The van der Waals surface area contributed by atoms with Crippen LogP contribution >= 0.6 is 0 Å². The Hall–Kier alpha value is -2.13. The van der Waals surface area contributed by atoms with Crippen molar-refractivity contribution in [3.05, 3.63) is 71.3 Å². The number of benzene rings is 2. The number of fused-ring (bicyclic) bond motifs is 1. The van der Waals surface area contributed by atoms with Gasteiger partial charge >= 0.3 is 0 Å². The van der Waals surface area contributed by atoms with E-state index in [9.17, 15) is 5.21 Å². The van der Waals surface area contributed by atoms with E-state index in [1.807, 2.05) is 30.3 Å². The average Bonchev–Trinajstić information content (AvgIpc) is 2.53. The molecule has 3 heteroatoms. The SMILES string of the molecule is O/N=C(\CN1CCc2ccccc2C1)c1ccccc1. The summed E-state index contributed by atoms with van der Waals surface area (Å²) in [5.74, 6) is 0. The maximum absolute atomic E-state index is 9.27. The van der Waals surface area contributed by atoms with E-state index in [2.05, 4.69) is 34.3 Å². The first-order chi connectivity index (χ1) is 9.86. The maximum atomic E-state index is 9.27. The number of oxime groups is 1. The van der Waals surface area contributed by atoms with Crippen LogP contribution in [0.25, 0.3) is 0 Å². The molecule has 0 radical (unpaired) electrons. The second-order valence-corrected chi connectivity index (χ2v) is 5.14. The Balaban J connectivity index is 1.73. The van der Waals surface area contributed by atoms with E-state index >= 15 is 0 Å². The summed E-state index contributed by atoms with van der Waals surface area (Å²) in [5.41, 5.74) is 4.52. The largest absolute Gasteiger partial charge is 0.411 e. The molecule has 0 unspecified atom stereocenters. The van der Waals surface area contributed by atoms with E-state index in [0.717, 1.165) is 30.8 Å². The summed E-state index contributed by atoms with van der Waals surface area (Å²) in [7, 11) is 0. The van der Waals surface area contributed by atoms with Crippen LogP contribution in [0.1, 0.15) is 16.7 Å². The summed E-state index contributed by atoms with van der Waals surface area (Å²) in [6.45, 7) is 2.60. The highest BCUT2D eigenvalue weighted by Gasteiger charge is 2.17. The molecule has 2 aromatic carbocycles. The van der Waals surface area contributed by atoms with Crippen LogP contribution in [0.2, 0.25) is 0 Å². The first kappa shape index (κ1) is 12.9. The predicted octanol–water partition coefficient (Wildman–Crippen LogP) is 2.92. The second-order valence-electron chi connectivity index (χ2n) is 5.14. The highest BCUT2D eigenvalue weighted by Crippen LogP contribution is 2.18. The van der Waals surface area contributed by atoms with Crippen molar-refractivity contribution in [3.63, 3.8) is 0 Å². The molecule has 0 saturated heterocycles. The topological polar surface area (TPSA) is 35.8 Å². The first-order valence-corrected chi connectivity index (χ1v) is 6.92. The van der Waals surface area contributed by atoms with Gasteiger partial charge < -0.3 is 5.21 Å².